The summed E-state index contributed by atoms with van der Waals surface area (Å²) >= 11 is 0. The molecule has 0 aliphatic carbocycles. The zero-order valence-electron chi connectivity index (χ0n) is 9.37. The van der Waals surface area contributed by atoms with Gasteiger partial charge in [-0.1, -0.05) is 0 Å². The molecule has 4 heteroatoms. The summed E-state index contributed by atoms with van der Waals surface area (Å²) in [6.07, 6.45) is 3.22. The van der Waals surface area contributed by atoms with Crippen LogP contribution >= 0.6 is 0 Å². The van der Waals surface area contributed by atoms with Crippen LogP contribution in [0.3, 0.4) is 0 Å². The summed E-state index contributed by atoms with van der Waals surface area (Å²) in [5, 5.41) is 3.06. The van der Waals surface area contributed by atoms with E-state index in [1.807, 2.05) is 11.9 Å². The largest absolute Gasteiger partial charge is 0.381 e. The van der Waals surface area contributed by atoms with Crippen molar-refractivity contribution in [1.82, 2.24) is 10.2 Å². The van der Waals surface area contributed by atoms with Crippen molar-refractivity contribution in [3.05, 3.63) is 0 Å². The number of hydrogen-bond donors (Lipinski definition) is 1. The second-order valence-corrected chi connectivity index (χ2v) is 4.47. The van der Waals surface area contributed by atoms with Gasteiger partial charge in [0.2, 0.25) is 5.91 Å². The Morgan fingerprint density at radius 2 is 2.40 bits per heavy atom. The fourth-order valence-electron chi connectivity index (χ4n) is 2.38. The molecule has 0 aromatic carbocycles. The Balaban J connectivity index is 1.73. The minimum absolute atomic E-state index is 0.0600. The fourth-order valence-corrected chi connectivity index (χ4v) is 2.38. The van der Waals surface area contributed by atoms with Gasteiger partial charge in [-0.05, 0) is 32.2 Å². The summed E-state index contributed by atoms with van der Waals surface area (Å²) in [7, 11) is 1.86. The predicted molar refractivity (Wildman–Crippen MR) is 57.6 cm³/mol. The van der Waals surface area contributed by atoms with E-state index in [2.05, 4.69) is 5.32 Å². The highest BCUT2D eigenvalue weighted by Crippen LogP contribution is 2.18. The van der Waals surface area contributed by atoms with E-state index in [1.54, 1.807) is 0 Å². The third-order valence-electron chi connectivity index (χ3n) is 3.48. The van der Waals surface area contributed by atoms with E-state index in [0.717, 1.165) is 45.6 Å². The smallest absolute Gasteiger partial charge is 0.239 e. The maximum Gasteiger partial charge on any atom is 0.239 e. The Bertz CT molecular complexity index is 227. The molecule has 2 fully saturated rings. The summed E-state index contributed by atoms with van der Waals surface area (Å²) < 4.78 is 5.33. The number of ether oxygens (including phenoxy) is 1. The Morgan fingerprint density at radius 1 is 1.53 bits per heavy atom. The summed E-state index contributed by atoms with van der Waals surface area (Å²) in [6, 6.07) is 0.0600. The van der Waals surface area contributed by atoms with Gasteiger partial charge in [0.25, 0.3) is 0 Å². The summed E-state index contributed by atoms with van der Waals surface area (Å²) in [5.74, 6) is 0.947. The zero-order chi connectivity index (χ0) is 10.7. The lowest BCUT2D eigenvalue weighted by Crippen LogP contribution is -2.37. The molecule has 2 aliphatic rings. The average molecular weight is 212 g/mol. The van der Waals surface area contributed by atoms with Crippen LogP contribution in [0.1, 0.15) is 19.3 Å². The lowest BCUT2D eigenvalue weighted by molar-refractivity contribution is -0.129. The topological polar surface area (TPSA) is 41.6 Å². The molecule has 86 valence electrons. The molecule has 4 nitrogen and oxygen atoms in total. The average Bonchev–Trinajstić information content (AvgIpc) is 2.85. The summed E-state index contributed by atoms with van der Waals surface area (Å²) in [4.78, 5) is 13.8. The second kappa shape index (κ2) is 4.94. The van der Waals surface area contributed by atoms with E-state index in [4.69, 9.17) is 4.74 Å². The molecule has 2 aliphatic heterocycles. The van der Waals surface area contributed by atoms with E-state index in [-0.39, 0.29) is 11.9 Å². The van der Waals surface area contributed by atoms with E-state index < -0.39 is 0 Å². The first-order valence-corrected chi connectivity index (χ1v) is 5.85. The molecule has 15 heavy (non-hydrogen) atoms. The Morgan fingerprint density at radius 3 is 3.00 bits per heavy atom. The SMILES string of the molecule is CNC1CCN(CCC2CCOC2)C1=O. The van der Waals surface area contributed by atoms with Crippen LogP contribution in [0.15, 0.2) is 0 Å². The van der Waals surface area contributed by atoms with E-state index >= 15 is 0 Å². The predicted octanol–water partition coefficient (Wildman–Crippen LogP) is 0.233. The van der Waals surface area contributed by atoms with Crippen molar-refractivity contribution in [1.29, 1.82) is 0 Å². The van der Waals surface area contributed by atoms with Crippen molar-refractivity contribution in [3.63, 3.8) is 0 Å². The number of likely N-dealkylation sites (N-methyl/N-ethyl adjacent to an activating group) is 1. The monoisotopic (exact) mass is 212 g/mol. The van der Waals surface area contributed by atoms with Crippen LogP contribution in [0.2, 0.25) is 0 Å². The minimum Gasteiger partial charge on any atom is -0.381 e. The molecule has 0 saturated carbocycles. The molecule has 1 amide bonds. The normalized spacial score (nSPS) is 31.5. The quantitative estimate of drug-likeness (QED) is 0.725. The molecule has 0 aromatic rings. The molecule has 0 bridgehead atoms. The van der Waals surface area contributed by atoms with Gasteiger partial charge in [-0.15, -0.1) is 0 Å². The molecule has 2 saturated heterocycles. The molecule has 1 N–H and O–H groups in total. The van der Waals surface area contributed by atoms with Gasteiger partial charge in [0, 0.05) is 26.3 Å². The number of likely N-dealkylation sites (tertiary alicyclic amines) is 1. The highest BCUT2D eigenvalue weighted by Gasteiger charge is 2.30. The molecule has 2 atom stereocenters. The number of nitrogens with one attached hydrogen (secondary N) is 1. The van der Waals surface area contributed by atoms with Crippen LogP contribution in [0.5, 0.6) is 0 Å². The van der Waals surface area contributed by atoms with Crippen LogP contribution in [0, 0.1) is 5.92 Å². The van der Waals surface area contributed by atoms with Gasteiger partial charge in [0.05, 0.1) is 6.04 Å². The van der Waals surface area contributed by atoms with Gasteiger partial charge in [-0.2, -0.15) is 0 Å². The van der Waals surface area contributed by atoms with Crippen molar-refractivity contribution in [3.8, 4) is 0 Å². The van der Waals surface area contributed by atoms with Gasteiger partial charge < -0.3 is 15.0 Å². The van der Waals surface area contributed by atoms with Crippen LogP contribution < -0.4 is 5.32 Å². The highest BCUT2D eigenvalue weighted by atomic mass is 16.5. The van der Waals surface area contributed by atoms with E-state index in [9.17, 15) is 4.79 Å². The summed E-state index contributed by atoms with van der Waals surface area (Å²) in [5.41, 5.74) is 0. The first-order valence-electron chi connectivity index (χ1n) is 5.85. The third kappa shape index (κ3) is 2.49. The van der Waals surface area contributed by atoms with Crippen LogP contribution in [-0.2, 0) is 9.53 Å². The van der Waals surface area contributed by atoms with Crippen molar-refractivity contribution < 1.29 is 9.53 Å². The van der Waals surface area contributed by atoms with Gasteiger partial charge in [-0.3, -0.25) is 4.79 Å². The number of rotatable bonds is 4. The number of carbonyl (C=O) groups is 1. The number of hydrogen-bond acceptors (Lipinski definition) is 3. The minimum atomic E-state index is 0.0600. The highest BCUT2D eigenvalue weighted by molar-refractivity contribution is 5.83. The van der Waals surface area contributed by atoms with Gasteiger partial charge in [-0.25, -0.2) is 0 Å². The van der Waals surface area contributed by atoms with Crippen molar-refractivity contribution in [2.24, 2.45) is 5.92 Å². The van der Waals surface area contributed by atoms with Gasteiger partial charge in [0.15, 0.2) is 0 Å². The second-order valence-electron chi connectivity index (χ2n) is 4.47. The van der Waals surface area contributed by atoms with E-state index in [1.165, 1.54) is 0 Å². The maximum absolute atomic E-state index is 11.8. The lowest BCUT2D eigenvalue weighted by atomic mass is 10.1. The number of nitrogens with zero attached hydrogens (tertiary/aromatic N) is 1. The van der Waals surface area contributed by atoms with Crippen LogP contribution in [0.4, 0.5) is 0 Å². The first kappa shape index (κ1) is 10.9. The van der Waals surface area contributed by atoms with Crippen molar-refractivity contribution in [2.45, 2.75) is 25.3 Å². The van der Waals surface area contributed by atoms with E-state index in [0.29, 0.717) is 5.92 Å². The van der Waals surface area contributed by atoms with Crippen LogP contribution in [-0.4, -0.2) is 50.2 Å². The third-order valence-corrected chi connectivity index (χ3v) is 3.48. The maximum atomic E-state index is 11.8. The van der Waals surface area contributed by atoms with Gasteiger partial charge >= 0.3 is 0 Å². The van der Waals surface area contributed by atoms with Gasteiger partial charge in [0.1, 0.15) is 0 Å². The molecule has 2 heterocycles. The standard InChI is InChI=1S/C11H20N2O2/c1-12-10-3-6-13(11(10)14)5-2-9-4-7-15-8-9/h9-10,12H,2-8H2,1H3. The fraction of sp³-hybridized carbons (Fsp3) is 0.909. The molecule has 2 rings (SSSR count). The molecule has 0 aromatic heterocycles. The Hall–Kier alpha value is -0.610. The summed E-state index contributed by atoms with van der Waals surface area (Å²) in [6.45, 7) is 3.61. The molecule has 0 radical (unpaired) electrons. The zero-order valence-corrected chi connectivity index (χ0v) is 9.37. The first-order chi connectivity index (χ1) is 7.31. The number of carbonyl (C=O) groups excluding carboxylic acids is 1. The molecule has 2 unspecified atom stereocenters. The van der Waals surface area contributed by atoms with Crippen molar-refractivity contribution in [2.75, 3.05) is 33.4 Å². The Labute approximate surface area is 91.0 Å². The van der Waals surface area contributed by atoms with Crippen LogP contribution in [0.25, 0.3) is 0 Å². The lowest BCUT2D eigenvalue weighted by Gasteiger charge is -2.18. The molecule has 0 spiro atoms. The number of amides is 1. The van der Waals surface area contributed by atoms with Crippen molar-refractivity contribution >= 4 is 5.91 Å². The Kier molecular flexibility index (Phi) is 3.59. The molecular weight excluding hydrogens is 192 g/mol. The molecular formula is C11H20N2O2.